The molecule has 4 heteroatoms. The van der Waals surface area contributed by atoms with Gasteiger partial charge in [0.25, 0.3) is 5.91 Å². The fourth-order valence-corrected chi connectivity index (χ4v) is 4.19. The quantitative estimate of drug-likeness (QED) is 0.672. The van der Waals surface area contributed by atoms with Gasteiger partial charge in [0.15, 0.2) is 12.4 Å². The van der Waals surface area contributed by atoms with Crippen LogP contribution in [0.2, 0.25) is 0 Å². The Labute approximate surface area is 161 Å². The van der Waals surface area contributed by atoms with Gasteiger partial charge < -0.3 is 4.90 Å². The number of aromatic nitrogens is 1. The number of amides is 1. The molecular formula is C23H27N3O+. The Bertz CT molecular complexity index is 833. The molecule has 1 aliphatic carbocycles. The largest absolute Gasteiger partial charge is 0.339 e. The van der Waals surface area contributed by atoms with Crippen molar-refractivity contribution >= 4 is 11.5 Å². The zero-order valence-electron chi connectivity index (χ0n) is 15.7. The highest BCUT2D eigenvalue weighted by molar-refractivity contribution is 5.94. The lowest BCUT2D eigenvalue weighted by Crippen LogP contribution is -2.44. The van der Waals surface area contributed by atoms with Crippen LogP contribution in [0.3, 0.4) is 0 Å². The molecule has 4 rings (SSSR count). The molecule has 1 aliphatic heterocycles. The third-order valence-electron chi connectivity index (χ3n) is 5.82. The fraction of sp³-hybridized carbons (Fsp3) is 0.391. The van der Waals surface area contributed by atoms with Crippen LogP contribution >= 0.6 is 0 Å². The summed E-state index contributed by atoms with van der Waals surface area (Å²) in [6, 6.07) is 13.6. The van der Waals surface area contributed by atoms with Gasteiger partial charge in [-0.25, -0.2) is 5.84 Å². The first-order valence-electron chi connectivity index (χ1n) is 9.97. The van der Waals surface area contributed by atoms with E-state index in [4.69, 9.17) is 5.84 Å². The van der Waals surface area contributed by atoms with Crippen molar-refractivity contribution < 1.29 is 9.47 Å². The van der Waals surface area contributed by atoms with Crippen LogP contribution in [0.4, 0.5) is 0 Å². The molecule has 1 radical (unpaired) electrons. The zero-order valence-corrected chi connectivity index (χ0v) is 15.7. The van der Waals surface area contributed by atoms with E-state index < -0.39 is 0 Å². The molecule has 2 N–H and O–H groups in total. The van der Waals surface area contributed by atoms with Gasteiger partial charge in [-0.15, -0.1) is 0 Å². The van der Waals surface area contributed by atoms with Crippen molar-refractivity contribution in [2.24, 2.45) is 0 Å². The van der Waals surface area contributed by atoms with E-state index in [0.29, 0.717) is 11.5 Å². The summed E-state index contributed by atoms with van der Waals surface area (Å²) in [5, 5.41) is 0. The maximum Gasteiger partial charge on any atom is 0.254 e. The summed E-state index contributed by atoms with van der Waals surface area (Å²) in [6.45, 7) is 1.61. The number of nitrogen functional groups attached to an aromatic ring is 1. The van der Waals surface area contributed by atoms with Crippen LogP contribution in [0.1, 0.15) is 65.9 Å². The monoisotopic (exact) mass is 361 g/mol. The third kappa shape index (κ3) is 4.05. The molecule has 0 spiro atoms. The van der Waals surface area contributed by atoms with Crippen LogP contribution in [-0.2, 0) is 0 Å². The number of nitrogens with zero attached hydrogens (tertiary/aromatic N) is 2. The maximum absolute atomic E-state index is 12.7. The second-order valence-electron chi connectivity index (χ2n) is 7.61. The number of carbonyl (C=O) groups excluding carboxylic acids is 1. The van der Waals surface area contributed by atoms with Gasteiger partial charge in [0.1, 0.15) is 0 Å². The summed E-state index contributed by atoms with van der Waals surface area (Å²) in [7, 11) is 0. The van der Waals surface area contributed by atoms with E-state index in [-0.39, 0.29) is 5.91 Å². The second kappa shape index (κ2) is 7.95. The Balaban J connectivity index is 1.41. The van der Waals surface area contributed by atoms with E-state index in [0.717, 1.165) is 25.9 Å². The molecule has 2 aliphatic rings. The van der Waals surface area contributed by atoms with Crippen molar-refractivity contribution in [1.29, 1.82) is 0 Å². The lowest BCUT2D eigenvalue weighted by Gasteiger charge is -2.32. The van der Waals surface area contributed by atoms with Crippen LogP contribution in [0.15, 0.2) is 48.8 Å². The number of benzene rings is 1. The first-order valence-corrected chi connectivity index (χ1v) is 9.97. The Morgan fingerprint density at radius 3 is 2.63 bits per heavy atom. The molecule has 27 heavy (non-hydrogen) atoms. The van der Waals surface area contributed by atoms with Crippen LogP contribution in [0.25, 0.3) is 5.57 Å². The molecule has 139 valence electrons. The summed E-state index contributed by atoms with van der Waals surface area (Å²) >= 11 is 0. The van der Waals surface area contributed by atoms with Gasteiger partial charge in [0.05, 0.1) is 5.56 Å². The Hall–Kier alpha value is -2.62. The topological polar surface area (TPSA) is 50.2 Å². The van der Waals surface area contributed by atoms with Crippen LogP contribution in [0.5, 0.6) is 0 Å². The molecule has 1 saturated heterocycles. The summed E-state index contributed by atoms with van der Waals surface area (Å²) < 4.78 is 1.45. The Morgan fingerprint density at radius 2 is 1.93 bits per heavy atom. The van der Waals surface area contributed by atoms with Gasteiger partial charge in [-0.05, 0) is 67.2 Å². The summed E-state index contributed by atoms with van der Waals surface area (Å²) in [5.74, 6) is 6.26. The minimum absolute atomic E-state index is 0.100. The second-order valence-corrected chi connectivity index (χ2v) is 7.61. The van der Waals surface area contributed by atoms with Gasteiger partial charge in [0, 0.05) is 25.2 Å². The van der Waals surface area contributed by atoms with Crippen molar-refractivity contribution in [1.82, 2.24) is 4.90 Å². The number of carbonyl (C=O) groups is 1. The Morgan fingerprint density at radius 1 is 1.15 bits per heavy atom. The number of piperidine rings is 1. The summed E-state index contributed by atoms with van der Waals surface area (Å²) in [4.78, 5) is 14.6. The molecule has 0 atom stereocenters. The summed E-state index contributed by atoms with van der Waals surface area (Å²) in [6.07, 6.45) is 12.8. The molecule has 1 aromatic heterocycles. The Kier molecular flexibility index (Phi) is 5.23. The normalized spacial score (nSPS) is 18.2. The highest BCUT2D eigenvalue weighted by atomic mass is 16.2. The zero-order chi connectivity index (χ0) is 18.6. The highest BCUT2D eigenvalue weighted by Gasteiger charge is 2.25. The molecule has 0 saturated carbocycles. The maximum atomic E-state index is 12.7. The predicted molar refractivity (Wildman–Crippen MR) is 106 cm³/mol. The lowest BCUT2D eigenvalue weighted by molar-refractivity contribution is -0.638. The van der Waals surface area contributed by atoms with Gasteiger partial charge in [0.2, 0.25) is 0 Å². The van der Waals surface area contributed by atoms with Gasteiger partial charge in [-0.3, -0.25) is 4.79 Å². The number of hydrogen-bond donors (Lipinski definition) is 1. The molecular weight excluding hydrogens is 334 g/mol. The minimum atomic E-state index is 0.100. The molecule has 1 amide bonds. The van der Waals surface area contributed by atoms with Crippen LogP contribution < -0.4 is 10.5 Å². The smallest absolute Gasteiger partial charge is 0.254 e. The average molecular weight is 361 g/mol. The van der Waals surface area contributed by atoms with E-state index in [1.165, 1.54) is 47.1 Å². The SMILES string of the molecule is N[n+]1ccc(C(=O)N2CCC(c3cc[c]c(C4=CCCCC4)c3)CC2)cc1. The molecule has 2 aromatic rings. The predicted octanol–water partition coefficient (Wildman–Crippen LogP) is 3.47. The first kappa shape index (κ1) is 17.8. The van der Waals surface area contributed by atoms with Gasteiger partial charge >= 0.3 is 0 Å². The molecule has 1 aromatic carbocycles. The van der Waals surface area contributed by atoms with E-state index in [2.05, 4.69) is 30.3 Å². The average Bonchev–Trinajstić information content (AvgIpc) is 2.75. The van der Waals surface area contributed by atoms with E-state index >= 15 is 0 Å². The minimum Gasteiger partial charge on any atom is -0.339 e. The number of allylic oxidation sites excluding steroid dienone is 2. The van der Waals surface area contributed by atoms with Crippen LogP contribution in [0, 0.1) is 6.07 Å². The van der Waals surface area contributed by atoms with E-state index in [1.807, 2.05) is 4.90 Å². The van der Waals surface area contributed by atoms with Crippen molar-refractivity contribution in [2.75, 3.05) is 18.9 Å². The van der Waals surface area contributed by atoms with Crippen molar-refractivity contribution in [3.8, 4) is 0 Å². The standard InChI is InChI=1S/C23H26N3O/c24-26-15-11-20(12-16-26)23(27)25-13-9-19(10-14-25)22-8-4-7-21(17-22)18-5-2-1-3-6-18/h4-5,8,11-12,15-17,19H,1-3,6,9-10,13-14H2,(H-,24,27)/p+1. The fourth-order valence-electron chi connectivity index (χ4n) is 4.19. The molecule has 0 bridgehead atoms. The first-order chi connectivity index (χ1) is 13.2. The summed E-state index contributed by atoms with van der Waals surface area (Å²) in [5.41, 5.74) is 4.82. The number of rotatable bonds is 3. The van der Waals surface area contributed by atoms with Crippen LogP contribution in [-0.4, -0.2) is 23.9 Å². The highest BCUT2D eigenvalue weighted by Crippen LogP contribution is 2.32. The number of nitrogens with two attached hydrogens (primary N) is 1. The molecule has 4 nitrogen and oxygen atoms in total. The number of hydrogen-bond acceptors (Lipinski definition) is 2. The van der Waals surface area contributed by atoms with E-state index in [1.54, 1.807) is 24.5 Å². The van der Waals surface area contributed by atoms with Gasteiger partial charge in [-0.2, -0.15) is 0 Å². The van der Waals surface area contributed by atoms with Crippen molar-refractivity contribution in [3.05, 3.63) is 71.6 Å². The molecule has 1 fully saturated rings. The van der Waals surface area contributed by atoms with Crippen molar-refractivity contribution in [2.45, 2.75) is 44.4 Å². The lowest BCUT2D eigenvalue weighted by atomic mass is 9.86. The third-order valence-corrected chi connectivity index (χ3v) is 5.82. The van der Waals surface area contributed by atoms with E-state index in [9.17, 15) is 4.79 Å². The number of pyridine rings is 1. The molecule has 2 heterocycles. The van der Waals surface area contributed by atoms with Gasteiger partial charge in [-0.1, -0.05) is 29.0 Å². The van der Waals surface area contributed by atoms with Crippen molar-refractivity contribution in [3.63, 3.8) is 0 Å². The number of likely N-dealkylation sites (tertiary alicyclic amines) is 1. The molecule has 0 unspecified atom stereocenters.